The summed E-state index contributed by atoms with van der Waals surface area (Å²) >= 11 is 0. The van der Waals surface area contributed by atoms with Crippen molar-refractivity contribution >= 4 is 17.6 Å². The fourth-order valence-electron chi connectivity index (χ4n) is 2.89. The van der Waals surface area contributed by atoms with Gasteiger partial charge < -0.3 is 10.4 Å². The number of halogens is 3. The fourth-order valence-corrected chi connectivity index (χ4v) is 2.89. The van der Waals surface area contributed by atoms with E-state index in [1.54, 1.807) is 24.3 Å². The molecule has 3 rings (SSSR count). The van der Waals surface area contributed by atoms with E-state index in [1.165, 1.54) is 12.1 Å². The Kier molecular flexibility index (Phi) is 4.71. The van der Waals surface area contributed by atoms with E-state index in [0.29, 0.717) is 17.7 Å². The van der Waals surface area contributed by atoms with Crippen LogP contribution in [-0.4, -0.2) is 17.0 Å². The molecule has 0 aromatic heterocycles. The second-order valence-corrected chi connectivity index (χ2v) is 6.33. The van der Waals surface area contributed by atoms with Gasteiger partial charge in [0.05, 0.1) is 12.0 Å². The average Bonchev–Trinajstić information content (AvgIpc) is 3.36. The number of carbonyl (C=O) groups is 2. The van der Waals surface area contributed by atoms with Crippen molar-refractivity contribution in [3.63, 3.8) is 0 Å². The third-order valence-electron chi connectivity index (χ3n) is 4.37. The Balaban J connectivity index is 1.58. The molecule has 2 aromatic carbocycles. The Hall–Kier alpha value is -2.83. The van der Waals surface area contributed by atoms with Crippen LogP contribution in [0.3, 0.4) is 0 Å². The van der Waals surface area contributed by atoms with Crippen LogP contribution in [0.4, 0.5) is 18.9 Å². The summed E-state index contributed by atoms with van der Waals surface area (Å²) in [4.78, 5) is 22.9. The van der Waals surface area contributed by atoms with Gasteiger partial charge in [-0.2, -0.15) is 13.2 Å². The van der Waals surface area contributed by atoms with Crippen LogP contribution >= 0.6 is 0 Å². The lowest BCUT2D eigenvalue weighted by atomic mass is 10.1. The molecule has 1 fully saturated rings. The van der Waals surface area contributed by atoms with Gasteiger partial charge in [-0.1, -0.05) is 24.3 Å². The SMILES string of the molecule is O=C(O)Cc1ccc(NC(=O)C2CC2c2ccc(C(F)(F)F)cc2)cc1. The highest BCUT2D eigenvalue weighted by Crippen LogP contribution is 2.48. The molecule has 0 spiro atoms. The predicted molar refractivity (Wildman–Crippen MR) is 88.7 cm³/mol. The van der Waals surface area contributed by atoms with E-state index < -0.39 is 17.7 Å². The summed E-state index contributed by atoms with van der Waals surface area (Å²) in [5.41, 5.74) is 1.20. The number of anilines is 1. The van der Waals surface area contributed by atoms with Gasteiger partial charge in [0, 0.05) is 11.6 Å². The number of aliphatic carboxylic acids is 1. The maximum Gasteiger partial charge on any atom is 0.416 e. The average molecular weight is 363 g/mol. The van der Waals surface area contributed by atoms with Crippen molar-refractivity contribution in [1.82, 2.24) is 0 Å². The number of rotatable bonds is 5. The predicted octanol–water partition coefficient (Wildman–Crippen LogP) is 4.07. The van der Waals surface area contributed by atoms with E-state index in [0.717, 1.165) is 17.7 Å². The number of carboxylic acids is 1. The Morgan fingerprint density at radius 3 is 2.19 bits per heavy atom. The van der Waals surface area contributed by atoms with Crippen LogP contribution < -0.4 is 5.32 Å². The Bertz CT molecular complexity index is 813. The van der Waals surface area contributed by atoms with Crippen molar-refractivity contribution in [3.05, 3.63) is 65.2 Å². The highest BCUT2D eigenvalue weighted by Gasteiger charge is 2.44. The molecule has 4 nitrogen and oxygen atoms in total. The molecule has 0 heterocycles. The van der Waals surface area contributed by atoms with Crippen LogP contribution in [0.2, 0.25) is 0 Å². The van der Waals surface area contributed by atoms with Gasteiger partial charge in [-0.05, 0) is 47.7 Å². The van der Waals surface area contributed by atoms with Gasteiger partial charge in [-0.3, -0.25) is 9.59 Å². The molecule has 2 N–H and O–H groups in total. The Morgan fingerprint density at radius 2 is 1.65 bits per heavy atom. The van der Waals surface area contributed by atoms with E-state index in [9.17, 15) is 22.8 Å². The summed E-state index contributed by atoms with van der Waals surface area (Å²) in [6, 6.07) is 11.4. The smallest absolute Gasteiger partial charge is 0.416 e. The van der Waals surface area contributed by atoms with E-state index in [2.05, 4.69) is 5.32 Å². The zero-order valence-electron chi connectivity index (χ0n) is 13.6. The summed E-state index contributed by atoms with van der Waals surface area (Å²) in [5, 5.41) is 11.5. The zero-order valence-corrected chi connectivity index (χ0v) is 13.6. The van der Waals surface area contributed by atoms with Gasteiger partial charge in [0.2, 0.25) is 5.91 Å². The van der Waals surface area contributed by atoms with Crippen LogP contribution in [0.1, 0.15) is 29.0 Å². The zero-order chi connectivity index (χ0) is 18.9. The van der Waals surface area contributed by atoms with Crippen LogP contribution in [0, 0.1) is 5.92 Å². The third kappa shape index (κ3) is 4.22. The molecule has 1 aliphatic rings. The fraction of sp³-hybridized carbons (Fsp3) is 0.263. The van der Waals surface area contributed by atoms with Crippen LogP contribution in [0.15, 0.2) is 48.5 Å². The first-order chi connectivity index (χ1) is 12.2. The molecule has 0 radical (unpaired) electrons. The molecule has 0 aliphatic heterocycles. The molecule has 1 saturated carbocycles. The number of amides is 1. The number of benzene rings is 2. The van der Waals surface area contributed by atoms with Crippen LogP contribution in [0.25, 0.3) is 0 Å². The number of hydrogen-bond donors (Lipinski definition) is 2. The maximum atomic E-state index is 12.6. The molecule has 136 valence electrons. The van der Waals surface area contributed by atoms with Gasteiger partial charge in [0.25, 0.3) is 0 Å². The largest absolute Gasteiger partial charge is 0.481 e. The topological polar surface area (TPSA) is 66.4 Å². The summed E-state index contributed by atoms with van der Waals surface area (Å²) in [6.45, 7) is 0. The minimum atomic E-state index is -4.37. The lowest BCUT2D eigenvalue weighted by molar-refractivity contribution is -0.138. The molecule has 1 aliphatic carbocycles. The van der Waals surface area contributed by atoms with Crippen LogP contribution in [-0.2, 0) is 22.2 Å². The Morgan fingerprint density at radius 1 is 1.04 bits per heavy atom. The second-order valence-electron chi connectivity index (χ2n) is 6.33. The molecule has 2 unspecified atom stereocenters. The second kappa shape index (κ2) is 6.82. The van der Waals surface area contributed by atoms with E-state index in [4.69, 9.17) is 5.11 Å². The van der Waals surface area contributed by atoms with Crippen molar-refractivity contribution in [1.29, 1.82) is 0 Å². The highest BCUT2D eigenvalue weighted by molar-refractivity contribution is 5.95. The van der Waals surface area contributed by atoms with E-state index >= 15 is 0 Å². The monoisotopic (exact) mass is 363 g/mol. The molecular weight excluding hydrogens is 347 g/mol. The van der Waals surface area contributed by atoms with Gasteiger partial charge in [-0.15, -0.1) is 0 Å². The molecular formula is C19H16F3NO3. The molecule has 2 aromatic rings. The van der Waals surface area contributed by atoms with Crippen molar-refractivity contribution in [2.45, 2.75) is 24.9 Å². The van der Waals surface area contributed by atoms with Gasteiger partial charge >= 0.3 is 12.1 Å². The lowest BCUT2D eigenvalue weighted by Crippen LogP contribution is -2.14. The highest BCUT2D eigenvalue weighted by atomic mass is 19.4. The summed E-state index contributed by atoms with van der Waals surface area (Å²) in [6.07, 6.45) is -3.87. The van der Waals surface area contributed by atoms with Gasteiger partial charge in [0.15, 0.2) is 0 Å². The van der Waals surface area contributed by atoms with Gasteiger partial charge in [0.1, 0.15) is 0 Å². The first-order valence-electron chi connectivity index (χ1n) is 8.03. The van der Waals surface area contributed by atoms with Crippen molar-refractivity contribution in [2.75, 3.05) is 5.32 Å². The summed E-state index contributed by atoms with van der Waals surface area (Å²) in [7, 11) is 0. The Labute approximate surface area is 147 Å². The van der Waals surface area contributed by atoms with Gasteiger partial charge in [-0.25, -0.2) is 0 Å². The molecule has 0 saturated heterocycles. The summed E-state index contributed by atoms with van der Waals surface area (Å²) < 4.78 is 37.8. The van der Waals surface area contributed by atoms with E-state index in [1.807, 2.05) is 0 Å². The number of carbonyl (C=O) groups excluding carboxylic acids is 1. The minimum Gasteiger partial charge on any atom is -0.481 e. The van der Waals surface area contributed by atoms with E-state index in [-0.39, 0.29) is 24.2 Å². The normalized spacial score (nSPS) is 19.0. The first-order valence-corrected chi connectivity index (χ1v) is 8.03. The molecule has 1 amide bonds. The van der Waals surface area contributed by atoms with Crippen molar-refractivity contribution in [2.24, 2.45) is 5.92 Å². The van der Waals surface area contributed by atoms with Crippen molar-refractivity contribution in [3.8, 4) is 0 Å². The molecule has 7 heteroatoms. The number of carboxylic acid groups (broad SMARTS) is 1. The summed E-state index contributed by atoms with van der Waals surface area (Å²) in [5.74, 6) is -1.48. The number of alkyl halides is 3. The standard InChI is InChI=1S/C19H16F3NO3/c20-19(21,22)13-5-3-12(4-6-13)15-10-16(15)18(26)23-14-7-1-11(2-8-14)9-17(24)25/h1-8,15-16H,9-10H2,(H,23,26)(H,24,25). The third-order valence-corrected chi connectivity index (χ3v) is 4.37. The number of nitrogens with one attached hydrogen (secondary N) is 1. The van der Waals surface area contributed by atoms with Crippen LogP contribution in [0.5, 0.6) is 0 Å². The minimum absolute atomic E-state index is 0.0800. The molecule has 26 heavy (non-hydrogen) atoms. The number of hydrogen-bond acceptors (Lipinski definition) is 2. The first kappa shape index (κ1) is 18.0. The molecule has 2 atom stereocenters. The quantitative estimate of drug-likeness (QED) is 0.841. The maximum absolute atomic E-state index is 12.6. The lowest BCUT2D eigenvalue weighted by Gasteiger charge is -2.08. The van der Waals surface area contributed by atoms with Crippen molar-refractivity contribution < 1.29 is 27.9 Å². The molecule has 0 bridgehead atoms.